The normalized spacial score (nSPS) is 18.1. The molecule has 0 radical (unpaired) electrons. The van der Waals surface area contributed by atoms with Crippen molar-refractivity contribution in [3.05, 3.63) is 68.5 Å². The topological polar surface area (TPSA) is 71.6 Å². The summed E-state index contributed by atoms with van der Waals surface area (Å²) in [6, 6.07) is 9.57. The van der Waals surface area contributed by atoms with Crippen LogP contribution < -0.4 is 15.0 Å². The van der Waals surface area contributed by atoms with E-state index in [0.29, 0.717) is 30.0 Å². The van der Waals surface area contributed by atoms with Crippen LogP contribution in [0.3, 0.4) is 0 Å². The van der Waals surface area contributed by atoms with Crippen LogP contribution in [0.1, 0.15) is 53.1 Å². The highest BCUT2D eigenvalue weighted by Gasteiger charge is 2.39. The molecule has 1 fully saturated rings. The first-order valence-electron chi connectivity index (χ1n) is 11.6. The summed E-state index contributed by atoms with van der Waals surface area (Å²) in [4.78, 5) is 31.9. The summed E-state index contributed by atoms with van der Waals surface area (Å²) in [5.74, 6) is 1.46. The fourth-order valence-electron chi connectivity index (χ4n) is 5.32. The first kappa shape index (κ1) is 21.6. The minimum absolute atomic E-state index is 0.0539. The van der Waals surface area contributed by atoms with Crippen molar-refractivity contribution in [3.63, 3.8) is 0 Å². The van der Waals surface area contributed by atoms with Crippen LogP contribution in [0.4, 0.5) is 0 Å². The average Bonchev–Trinajstić information content (AvgIpc) is 2.76. The predicted molar refractivity (Wildman–Crippen MR) is 128 cm³/mol. The smallest absolute Gasteiger partial charge is 0.254 e. The van der Waals surface area contributed by atoms with Gasteiger partial charge in [-0.25, -0.2) is 0 Å². The van der Waals surface area contributed by atoms with E-state index in [0.717, 1.165) is 52.4 Å². The van der Waals surface area contributed by atoms with Gasteiger partial charge in [0.25, 0.3) is 5.56 Å². The lowest BCUT2D eigenvalue weighted by Gasteiger charge is -2.41. The summed E-state index contributed by atoms with van der Waals surface area (Å²) in [6.45, 7) is 4.63. The molecular weight excluding hydrogens is 416 g/mol. The molecule has 0 bridgehead atoms. The Morgan fingerprint density at radius 2 is 1.73 bits per heavy atom. The number of hydrogen-bond donors (Lipinski definition) is 1. The van der Waals surface area contributed by atoms with Crippen molar-refractivity contribution >= 4 is 16.8 Å². The summed E-state index contributed by atoms with van der Waals surface area (Å²) in [5.41, 5.74) is 5.45. The van der Waals surface area contributed by atoms with Crippen molar-refractivity contribution in [1.82, 2.24) is 9.88 Å². The molecule has 2 aliphatic rings. The first-order valence-corrected chi connectivity index (χ1v) is 11.6. The van der Waals surface area contributed by atoms with Gasteiger partial charge in [-0.2, -0.15) is 0 Å². The van der Waals surface area contributed by atoms with Crippen LogP contribution in [0, 0.1) is 19.8 Å². The monoisotopic (exact) mass is 446 g/mol. The van der Waals surface area contributed by atoms with Crippen molar-refractivity contribution in [1.29, 1.82) is 0 Å². The van der Waals surface area contributed by atoms with Gasteiger partial charge in [-0.05, 0) is 79.5 Å². The first-order chi connectivity index (χ1) is 15.9. The Morgan fingerprint density at radius 3 is 2.39 bits per heavy atom. The molecule has 6 nitrogen and oxygen atoms in total. The number of aromatic nitrogens is 1. The van der Waals surface area contributed by atoms with Crippen molar-refractivity contribution < 1.29 is 14.3 Å². The summed E-state index contributed by atoms with van der Waals surface area (Å²) in [5, 5.41) is 0.978. The quantitative estimate of drug-likeness (QED) is 0.643. The van der Waals surface area contributed by atoms with Gasteiger partial charge in [0.15, 0.2) is 11.5 Å². The zero-order chi connectivity index (χ0) is 23.3. The van der Waals surface area contributed by atoms with E-state index in [1.54, 1.807) is 14.2 Å². The molecule has 0 saturated heterocycles. The molecule has 2 aromatic carbocycles. The third kappa shape index (κ3) is 3.58. The number of rotatable bonds is 4. The van der Waals surface area contributed by atoms with E-state index in [2.05, 4.69) is 24.0 Å². The molecule has 1 unspecified atom stereocenters. The number of pyridine rings is 1. The lowest BCUT2D eigenvalue weighted by atomic mass is 9.81. The largest absolute Gasteiger partial charge is 0.493 e. The average molecular weight is 447 g/mol. The van der Waals surface area contributed by atoms with Gasteiger partial charge < -0.3 is 19.4 Å². The minimum atomic E-state index is -0.462. The van der Waals surface area contributed by atoms with E-state index in [1.807, 2.05) is 30.0 Å². The molecule has 0 spiro atoms. The van der Waals surface area contributed by atoms with Crippen LogP contribution in [0.25, 0.3) is 10.9 Å². The van der Waals surface area contributed by atoms with E-state index in [9.17, 15) is 9.59 Å². The molecule has 33 heavy (non-hydrogen) atoms. The van der Waals surface area contributed by atoms with Crippen molar-refractivity contribution in [2.75, 3.05) is 20.8 Å². The Hall–Kier alpha value is -3.28. The molecule has 1 aliphatic heterocycles. The standard InChI is InChI=1S/C27H30N2O4/c1-15-10-16(2)24-19(11-15)12-21(26(30)28-24)25-20-14-23(33-4)22(32-3)13-18(20)8-9-29(25)27(31)17-6-5-7-17/h10-14,17,25H,5-9H2,1-4H3,(H,28,30). The molecule has 6 heteroatoms. The van der Waals surface area contributed by atoms with Gasteiger partial charge in [0.2, 0.25) is 5.91 Å². The highest BCUT2D eigenvalue weighted by atomic mass is 16.5. The van der Waals surface area contributed by atoms with Crippen LogP contribution >= 0.6 is 0 Å². The van der Waals surface area contributed by atoms with Crippen LogP contribution in [0.15, 0.2) is 35.1 Å². The van der Waals surface area contributed by atoms with Gasteiger partial charge in [0.1, 0.15) is 0 Å². The summed E-state index contributed by atoms with van der Waals surface area (Å²) in [7, 11) is 3.23. The molecule has 1 amide bonds. The van der Waals surface area contributed by atoms with Gasteiger partial charge >= 0.3 is 0 Å². The molecule has 2 heterocycles. The molecule has 3 aromatic rings. The maximum absolute atomic E-state index is 13.5. The number of benzene rings is 2. The highest BCUT2D eigenvalue weighted by molar-refractivity contribution is 5.84. The SMILES string of the molecule is COc1cc2c(cc1OC)C(c1cc3cc(C)cc(C)c3[nH]c1=O)N(C(=O)C1CCC1)CC2. The summed E-state index contributed by atoms with van der Waals surface area (Å²) >= 11 is 0. The number of carbonyl (C=O) groups excluding carboxylic acids is 1. The van der Waals surface area contributed by atoms with Crippen LogP contribution in [-0.4, -0.2) is 36.6 Å². The molecule has 1 atom stereocenters. The zero-order valence-electron chi connectivity index (χ0n) is 19.7. The van der Waals surface area contributed by atoms with Crippen molar-refractivity contribution in [2.45, 2.75) is 45.6 Å². The maximum atomic E-state index is 13.5. The molecule has 5 rings (SSSR count). The highest BCUT2D eigenvalue weighted by Crippen LogP contribution is 2.42. The van der Waals surface area contributed by atoms with Gasteiger partial charge in [-0.15, -0.1) is 0 Å². The van der Waals surface area contributed by atoms with Gasteiger partial charge in [-0.3, -0.25) is 9.59 Å². The maximum Gasteiger partial charge on any atom is 0.254 e. The number of nitrogens with one attached hydrogen (secondary N) is 1. The number of methoxy groups -OCH3 is 2. The third-order valence-corrected chi connectivity index (χ3v) is 7.23. The molecule has 1 saturated carbocycles. The van der Waals surface area contributed by atoms with E-state index in [-0.39, 0.29) is 17.4 Å². The second kappa shape index (κ2) is 8.25. The lowest BCUT2D eigenvalue weighted by molar-refractivity contribution is -0.140. The fraction of sp³-hybridized carbons (Fsp3) is 0.407. The number of carbonyl (C=O) groups is 1. The van der Waals surface area contributed by atoms with Crippen LogP contribution in [0.2, 0.25) is 0 Å². The molecule has 1 aliphatic carbocycles. The Labute approximate surface area is 193 Å². The lowest BCUT2D eigenvalue weighted by Crippen LogP contribution is -2.46. The van der Waals surface area contributed by atoms with Gasteiger partial charge in [0.05, 0.1) is 25.8 Å². The van der Waals surface area contributed by atoms with E-state index in [4.69, 9.17) is 9.47 Å². The molecule has 172 valence electrons. The fourth-order valence-corrected chi connectivity index (χ4v) is 5.32. The molecule has 1 N–H and O–H groups in total. The second-order valence-electron chi connectivity index (χ2n) is 9.32. The van der Waals surface area contributed by atoms with Crippen molar-refractivity contribution in [2.24, 2.45) is 5.92 Å². The number of amides is 1. The Morgan fingerprint density at radius 1 is 1.00 bits per heavy atom. The number of ether oxygens (including phenoxy) is 2. The van der Waals surface area contributed by atoms with Gasteiger partial charge in [-0.1, -0.05) is 18.1 Å². The van der Waals surface area contributed by atoms with Crippen molar-refractivity contribution in [3.8, 4) is 11.5 Å². The second-order valence-corrected chi connectivity index (χ2v) is 9.32. The van der Waals surface area contributed by atoms with Crippen LogP contribution in [0.5, 0.6) is 11.5 Å². The number of aryl methyl sites for hydroxylation is 2. The molecular formula is C27H30N2O4. The van der Waals surface area contributed by atoms with E-state index in [1.165, 1.54) is 0 Å². The van der Waals surface area contributed by atoms with Crippen LogP contribution in [-0.2, 0) is 11.2 Å². The Balaban J connectivity index is 1.73. The van der Waals surface area contributed by atoms with E-state index < -0.39 is 6.04 Å². The van der Waals surface area contributed by atoms with Gasteiger partial charge in [0, 0.05) is 18.0 Å². The van der Waals surface area contributed by atoms with E-state index >= 15 is 0 Å². The number of aromatic amines is 1. The number of fused-ring (bicyclic) bond motifs is 2. The Bertz CT molecular complexity index is 1310. The summed E-state index contributed by atoms with van der Waals surface area (Å²) < 4.78 is 11.1. The third-order valence-electron chi connectivity index (χ3n) is 7.23. The summed E-state index contributed by atoms with van der Waals surface area (Å²) in [6.07, 6.45) is 3.65. The minimum Gasteiger partial charge on any atom is -0.493 e. The zero-order valence-corrected chi connectivity index (χ0v) is 19.7. The molecule has 1 aromatic heterocycles. The number of hydrogen-bond acceptors (Lipinski definition) is 4. The Kier molecular flexibility index (Phi) is 5.39. The number of H-pyrrole nitrogens is 1. The predicted octanol–water partition coefficient (Wildman–Crippen LogP) is 4.44. The number of nitrogens with zero attached hydrogens (tertiary/aromatic N) is 1.